The van der Waals surface area contributed by atoms with E-state index in [0.29, 0.717) is 5.56 Å². The van der Waals surface area contributed by atoms with Gasteiger partial charge in [0.15, 0.2) is 0 Å². The molecule has 2 nitrogen and oxygen atoms in total. The summed E-state index contributed by atoms with van der Waals surface area (Å²) >= 11 is 0. The van der Waals surface area contributed by atoms with Gasteiger partial charge in [0.1, 0.15) is 5.75 Å². The molecule has 0 aliphatic rings. The predicted octanol–water partition coefficient (Wildman–Crippen LogP) is 4.16. The molecular weight excluding hydrogens is 222 g/mol. The Hall–Kier alpha value is -1.49. The third-order valence-electron chi connectivity index (χ3n) is 3.04. The lowest BCUT2D eigenvalue weighted by atomic mass is 9.78. The molecule has 2 heteroatoms. The van der Waals surface area contributed by atoms with Gasteiger partial charge in [-0.05, 0) is 23.0 Å². The Morgan fingerprint density at radius 1 is 0.944 bits per heavy atom. The molecular formula is C16H23NO. The Morgan fingerprint density at radius 2 is 1.33 bits per heavy atom. The molecule has 0 aliphatic heterocycles. The van der Waals surface area contributed by atoms with Crippen molar-refractivity contribution in [3.05, 3.63) is 28.8 Å². The lowest BCUT2D eigenvalue weighted by molar-refractivity contribution is 0.381. The zero-order chi connectivity index (χ0) is 14.1. The van der Waals surface area contributed by atoms with Gasteiger partial charge in [0.05, 0.1) is 18.7 Å². The highest BCUT2D eigenvalue weighted by Crippen LogP contribution is 2.40. The molecule has 0 saturated heterocycles. The standard InChI is InChI=1S/C16H23NO/c1-15(2,3)12-8-11(10-17)9-13(14(12)18-7)16(4,5)6/h8-9H,1-7H3. The van der Waals surface area contributed by atoms with Crippen LogP contribution in [0.1, 0.15) is 58.2 Å². The van der Waals surface area contributed by atoms with Gasteiger partial charge >= 0.3 is 0 Å². The first-order valence-corrected chi connectivity index (χ1v) is 6.24. The molecule has 0 bridgehead atoms. The lowest BCUT2D eigenvalue weighted by Gasteiger charge is -2.29. The van der Waals surface area contributed by atoms with Gasteiger partial charge in [0.2, 0.25) is 0 Å². The SMILES string of the molecule is COc1c(C(C)(C)C)cc(C#N)cc1C(C)(C)C. The van der Waals surface area contributed by atoms with Crippen LogP contribution in [0, 0.1) is 11.3 Å². The number of methoxy groups -OCH3 is 1. The number of rotatable bonds is 1. The molecule has 18 heavy (non-hydrogen) atoms. The quantitative estimate of drug-likeness (QED) is 0.744. The normalized spacial score (nSPS) is 12.1. The van der Waals surface area contributed by atoms with Crippen LogP contribution in [0.3, 0.4) is 0 Å². The smallest absolute Gasteiger partial charge is 0.126 e. The van der Waals surface area contributed by atoms with Crippen LogP contribution in [-0.2, 0) is 10.8 Å². The largest absolute Gasteiger partial charge is 0.496 e. The third kappa shape index (κ3) is 2.85. The summed E-state index contributed by atoms with van der Waals surface area (Å²) in [5.41, 5.74) is 2.80. The number of benzene rings is 1. The van der Waals surface area contributed by atoms with E-state index >= 15 is 0 Å². The highest BCUT2D eigenvalue weighted by Gasteiger charge is 2.27. The summed E-state index contributed by atoms with van der Waals surface area (Å²) in [7, 11) is 1.70. The second-order valence-corrected chi connectivity index (χ2v) is 6.72. The maximum atomic E-state index is 9.19. The minimum Gasteiger partial charge on any atom is -0.496 e. The number of hydrogen-bond acceptors (Lipinski definition) is 2. The Morgan fingerprint density at radius 3 is 1.56 bits per heavy atom. The lowest BCUT2D eigenvalue weighted by Crippen LogP contribution is -2.19. The molecule has 0 unspecified atom stereocenters. The average molecular weight is 245 g/mol. The number of ether oxygens (including phenoxy) is 1. The van der Waals surface area contributed by atoms with Crippen LogP contribution in [0.25, 0.3) is 0 Å². The average Bonchev–Trinajstić information content (AvgIpc) is 2.24. The Balaban J connectivity index is 3.68. The second kappa shape index (κ2) is 4.65. The van der Waals surface area contributed by atoms with Crippen LogP contribution in [0.15, 0.2) is 12.1 Å². The summed E-state index contributed by atoms with van der Waals surface area (Å²) in [4.78, 5) is 0. The summed E-state index contributed by atoms with van der Waals surface area (Å²) in [5.74, 6) is 0.911. The predicted molar refractivity (Wildman–Crippen MR) is 75.1 cm³/mol. The van der Waals surface area contributed by atoms with Crippen molar-refractivity contribution in [1.82, 2.24) is 0 Å². The summed E-state index contributed by atoms with van der Waals surface area (Å²) in [5, 5.41) is 9.19. The summed E-state index contributed by atoms with van der Waals surface area (Å²) in [6, 6.07) is 6.12. The fourth-order valence-electron chi connectivity index (χ4n) is 2.03. The highest BCUT2D eigenvalue weighted by molar-refractivity contribution is 5.53. The molecule has 1 aromatic carbocycles. The van der Waals surface area contributed by atoms with Gasteiger partial charge in [-0.2, -0.15) is 5.26 Å². The second-order valence-electron chi connectivity index (χ2n) is 6.72. The number of hydrogen-bond donors (Lipinski definition) is 0. The van der Waals surface area contributed by atoms with Gasteiger partial charge in [-0.3, -0.25) is 0 Å². The molecule has 0 saturated carbocycles. The first-order chi connectivity index (χ1) is 8.11. The van der Waals surface area contributed by atoms with E-state index in [0.717, 1.165) is 16.9 Å². The van der Waals surface area contributed by atoms with E-state index in [1.165, 1.54) is 0 Å². The van der Waals surface area contributed by atoms with Crippen LogP contribution in [0.5, 0.6) is 5.75 Å². The fourth-order valence-corrected chi connectivity index (χ4v) is 2.03. The monoisotopic (exact) mass is 245 g/mol. The molecule has 0 fully saturated rings. The molecule has 0 heterocycles. The van der Waals surface area contributed by atoms with Crippen molar-refractivity contribution in [3.63, 3.8) is 0 Å². The maximum Gasteiger partial charge on any atom is 0.126 e. The van der Waals surface area contributed by atoms with Gasteiger partial charge < -0.3 is 4.74 Å². The molecule has 0 atom stereocenters. The zero-order valence-corrected chi connectivity index (χ0v) is 12.5. The van der Waals surface area contributed by atoms with Crippen LogP contribution in [-0.4, -0.2) is 7.11 Å². The Bertz CT molecular complexity index is 446. The summed E-state index contributed by atoms with van der Waals surface area (Å²) in [6.07, 6.45) is 0. The van der Waals surface area contributed by atoms with E-state index in [1.54, 1.807) is 7.11 Å². The van der Waals surface area contributed by atoms with Crippen LogP contribution in [0.2, 0.25) is 0 Å². The molecule has 0 amide bonds. The van der Waals surface area contributed by atoms with E-state index in [1.807, 2.05) is 12.1 Å². The van der Waals surface area contributed by atoms with Crippen molar-refractivity contribution in [2.45, 2.75) is 52.4 Å². The van der Waals surface area contributed by atoms with E-state index in [-0.39, 0.29) is 10.8 Å². The summed E-state index contributed by atoms with van der Waals surface area (Å²) in [6.45, 7) is 12.8. The van der Waals surface area contributed by atoms with E-state index in [2.05, 4.69) is 47.6 Å². The number of nitriles is 1. The van der Waals surface area contributed by atoms with Gasteiger partial charge in [0, 0.05) is 11.1 Å². The van der Waals surface area contributed by atoms with Crippen molar-refractivity contribution in [3.8, 4) is 11.8 Å². The minimum absolute atomic E-state index is 0.0434. The van der Waals surface area contributed by atoms with Gasteiger partial charge in [-0.15, -0.1) is 0 Å². The molecule has 0 aliphatic carbocycles. The topological polar surface area (TPSA) is 33.0 Å². The van der Waals surface area contributed by atoms with Crippen LogP contribution in [0.4, 0.5) is 0 Å². The molecule has 0 spiro atoms. The third-order valence-corrected chi connectivity index (χ3v) is 3.04. The van der Waals surface area contributed by atoms with E-state index in [4.69, 9.17) is 4.74 Å². The van der Waals surface area contributed by atoms with E-state index < -0.39 is 0 Å². The highest BCUT2D eigenvalue weighted by atomic mass is 16.5. The Labute approximate surface area is 111 Å². The molecule has 98 valence electrons. The maximum absolute atomic E-state index is 9.19. The first-order valence-electron chi connectivity index (χ1n) is 6.24. The molecule has 0 aromatic heterocycles. The van der Waals surface area contributed by atoms with Gasteiger partial charge in [0.25, 0.3) is 0 Å². The van der Waals surface area contributed by atoms with Crippen molar-refractivity contribution in [1.29, 1.82) is 5.26 Å². The molecule has 1 aromatic rings. The van der Waals surface area contributed by atoms with Crippen molar-refractivity contribution in [2.24, 2.45) is 0 Å². The van der Waals surface area contributed by atoms with Crippen LogP contribution >= 0.6 is 0 Å². The van der Waals surface area contributed by atoms with Gasteiger partial charge in [-0.1, -0.05) is 41.5 Å². The van der Waals surface area contributed by atoms with Crippen LogP contribution < -0.4 is 4.74 Å². The Kier molecular flexibility index (Phi) is 3.76. The van der Waals surface area contributed by atoms with Gasteiger partial charge in [-0.25, -0.2) is 0 Å². The summed E-state index contributed by atoms with van der Waals surface area (Å²) < 4.78 is 5.62. The molecule has 1 rings (SSSR count). The zero-order valence-electron chi connectivity index (χ0n) is 12.5. The minimum atomic E-state index is -0.0434. The van der Waals surface area contributed by atoms with Crippen molar-refractivity contribution >= 4 is 0 Å². The van der Waals surface area contributed by atoms with Crippen molar-refractivity contribution < 1.29 is 4.74 Å². The number of nitrogens with zero attached hydrogens (tertiary/aromatic N) is 1. The fraction of sp³-hybridized carbons (Fsp3) is 0.562. The van der Waals surface area contributed by atoms with Crippen molar-refractivity contribution in [2.75, 3.05) is 7.11 Å². The first kappa shape index (κ1) is 14.6. The molecule has 0 N–H and O–H groups in total. The molecule has 0 radical (unpaired) electrons. The van der Waals surface area contributed by atoms with E-state index in [9.17, 15) is 5.26 Å².